The third-order valence-electron chi connectivity index (χ3n) is 9.11. The van der Waals surface area contributed by atoms with Crippen LogP contribution in [0.15, 0.2) is 167 Å². The van der Waals surface area contributed by atoms with E-state index in [0.717, 1.165) is 61.1 Å². The average molecular weight is 635 g/mol. The van der Waals surface area contributed by atoms with Gasteiger partial charge >= 0.3 is 0 Å². The second-order valence-electron chi connectivity index (χ2n) is 12.0. The minimum atomic E-state index is 0.608. The molecule has 7 aromatic carbocycles. The molecule has 10 rings (SSSR count). The number of fused-ring (bicyclic) bond motifs is 8. The molecule has 0 spiro atoms. The zero-order valence-electron chi connectivity index (χ0n) is 25.6. The normalized spacial score (nSPS) is 11.8. The van der Waals surface area contributed by atoms with E-state index in [9.17, 15) is 0 Å². The van der Waals surface area contributed by atoms with Gasteiger partial charge in [-0.3, -0.25) is 0 Å². The Morgan fingerprint density at radius 2 is 1.21 bits per heavy atom. The summed E-state index contributed by atoms with van der Waals surface area (Å²) in [7, 11) is 0. The molecule has 48 heavy (non-hydrogen) atoms. The molecule has 226 valence electrons. The number of para-hydroxylation sites is 1. The number of thiophene rings is 1. The summed E-state index contributed by atoms with van der Waals surface area (Å²) in [5.41, 5.74) is 9.70. The number of aromatic nitrogens is 1. The van der Waals surface area contributed by atoms with E-state index < -0.39 is 0 Å². The molecule has 3 aromatic heterocycles. The molecular formula is C43H26N2O2S. The van der Waals surface area contributed by atoms with E-state index in [1.54, 1.807) is 0 Å². The molecule has 0 aliphatic carbocycles. The Kier molecular flexibility index (Phi) is 6.01. The van der Waals surface area contributed by atoms with Gasteiger partial charge in [0.2, 0.25) is 5.89 Å². The average Bonchev–Trinajstić information content (AvgIpc) is 3.86. The highest BCUT2D eigenvalue weighted by atomic mass is 32.1. The van der Waals surface area contributed by atoms with Crippen molar-refractivity contribution in [1.29, 1.82) is 0 Å². The molecule has 3 heterocycles. The maximum absolute atomic E-state index is 6.39. The number of rotatable bonds is 5. The zero-order chi connectivity index (χ0) is 31.6. The van der Waals surface area contributed by atoms with E-state index in [1.165, 1.54) is 25.9 Å². The monoisotopic (exact) mass is 634 g/mol. The molecular weight excluding hydrogens is 609 g/mol. The minimum absolute atomic E-state index is 0.608. The van der Waals surface area contributed by atoms with Crippen LogP contribution in [0.4, 0.5) is 17.1 Å². The van der Waals surface area contributed by atoms with Crippen molar-refractivity contribution in [3.8, 4) is 22.6 Å². The Morgan fingerprint density at radius 1 is 0.479 bits per heavy atom. The van der Waals surface area contributed by atoms with Gasteiger partial charge in [0.05, 0.1) is 11.1 Å². The topological polar surface area (TPSA) is 42.4 Å². The summed E-state index contributed by atoms with van der Waals surface area (Å²) in [5, 5.41) is 4.52. The van der Waals surface area contributed by atoms with Gasteiger partial charge in [-0.05, 0) is 90.0 Å². The van der Waals surface area contributed by atoms with E-state index in [2.05, 4.69) is 120 Å². The zero-order valence-corrected chi connectivity index (χ0v) is 26.4. The van der Waals surface area contributed by atoms with Crippen LogP contribution in [-0.2, 0) is 0 Å². The Hall–Kier alpha value is -6.17. The summed E-state index contributed by atoms with van der Waals surface area (Å²) in [4.78, 5) is 7.13. The van der Waals surface area contributed by atoms with Crippen molar-refractivity contribution in [3.63, 3.8) is 0 Å². The fraction of sp³-hybridized carbons (Fsp3) is 0. The molecule has 0 unspecified atom stereocenters. The fourth-order valence-corrected chi connectivity index (χ4v) is 8.01. The van der Waals surface area contributed by atoms with E-state index in [-0.39, 0.29) is 0 Å². The predicted molar refractivity (Wildman–Crippen MR) is 200 cm³/mol. The van der Waals surface area contributed by atoms with Crippen LogP contribution in [0.25, 0.3) is 75.8 Å². The number of benzene rings is 7. The van der Waals surface area contributed by atoms with Crippen molar-refractivity contribution >= 4 is 81.6 Å². The van der Waals surface area contributed by atoms with Crippen molar-refractivity contribution in [1.82, 2.24) is 4.98 Å². The fourth-order valence-electron chi connectivity index (χ4n) is 6.88. The highest BCUT2D eigenvalue weighted by Crippen LogP contribution is 2.45. The lowest BCUT2D eigenvalue weighted by molar-refractivity contribution is 0.622. The molecule has 0 N–H and O–H groups in total. The molecule has 5 heteroatoms. The summed E-state index contributed by atoms with van der Waals surface area (Å²) in [6, 6.07) is 55.1. The summed E-state index contributed by atoms with van der Waals surface area (Å²) >= 11 is 1.84. The lowest BCUT2D eigenvalue weighted by Gasteiger charge is -2.26. The first-order chi connectivity index (χ1) is 23.8. The molecule has 4 nitrogen and oxygen atoms in total. The third-order valence-corrected chi connectivity index (χ3v) is 10.2. The van der Waals surface area contributed by atoms with Crippen molar-refractivity contribution in [2.45, 2.75) is 0 Å². The van der Waals surface area contributed by atoms with Gasteiger partial charge in [0.25, 0.3) is 0 Å². The first-order valence-electron chi connectivity index (χ1n) is 16.0. The van der Waals surface area contributed by atoms with Crippen LogP contribution in [-0.4, -0.2) is 4.98 Å². The van der Waals surface area contributed by atoms with Gasteiger partial charge in [0, 0.05) is 42.5 Å². The van der Waals surface area contributed by atoms with Gasteiger partial charge in [-0.15, -0.1) is 11.3 Å². The van der Waals surface area contributed by atoms with E-state index in [4.69, 9.17) is 13.8 Å². The van der Waals surface area contributed by atoms with Gasteiger partial charge in [-0.2, -0.15) is 0 Å². The number of nitrogens with zero attached hydrogens (tertiary/aromatic N) is 2. The van der Waals surface area contributed by atoms with Gasteiger partial charge in [-0.25, -0.2) is 4.98 Å². The van der Waals surface area contributed by atoms with Crippen molar-refractivity contribution in [2.24, 2.45) is 0 Å². The van der Waals surface area contributed by atoms with Crippen LogP contribution in [0, 0.1) is 0 Å². The number of hydrogen-bond acceptors (Lipinski definition) is 5. The Bertz CT molecular complexity index is 2780. The lowest BCUT2D eigenvalue weighted by atomic mass is 10.0. The molecule has 0 aliphatic heterocycles. The SMILES string of the molecule is c1ccc(-c2nc3ccc4oc5cc(-c6ccc(N(c7ccccc7)c7cccc8sc9ccccc9c78)cc6)ccc5c4c3o2)cc1. The number of oxazole rings is 1. The predicted octanol–water partition coefficient (Wildman–Crippen LogP) is 12.9. The molecule has 0 radical (unpaired) electrons. The minimum Gasteiger partial charge on any atom is -0.456 e. The second-order valence-corrected chi connectivity index (χ2v) is 13.0. The quantitative estimate of drug-likeness (QED) is 0.189. The van der Waals surface area contributed by atoms with E-state index >= 15 is 0 Å². The van der Waals surface area contributed by atoms with Gasteiger partial charge in [0.15, 0.2) is 5.58 Å². The number of anilines is 3. The first kappa shape index (κ1) is 27.0. The van der Waals surface area contributed by atoms with Gasteiger partial charge < -0.3 is 13.7 Å². The molecule has 0 saturated heterocycles. The summed E-state index contributed by atoms with van der Waals surface area (Å²) in [6.07, 6.45) is 0. The largest absolute Gasteiger partial charge is 0.456 e. The van der Waals surface area contributed by atoms with Gasteiger partial charge in [0.1, 0.15) is 16.7 Å². The summed E-state index contributed by atoms with van der Waals surface area (Å²) in [6.45, 7) is 0. The highest BCUT2D eigenvalue weighted by Gasteiger charge is 2.20. The second kappa shape index (κ2) is 10.7. The van der Waals surface area contributed by atoms with Crippen LogP contribution in [0.2, 0.25) is 0 Å². The van der Waals surface area contributed by atoms with Crippen molar-refractivity contribution in [3.05, 3.63) is 158 Å². The Morgan fingerprint density at radius 3 is 2.06 bits per heavy atom. The molecule has 0 aliphatic rings. The molecule has 0 amide bonds. The molecule has 0 fully saturated rings. The van der Waals surface area contributed by atoms with E-state index in [1.807, 2.05) is 53.8 Å². The summed E-state index contributed by atoms with van der Waals surface area (Å²) in [5.74, 6) is 0.608. The highest BCUT2D eigenvalue weighted by molar-refractivity contribution is 7.26. The lowest BCUT2D eigenvalue weighted by Crippen LogP contribution is -2.10. The van der Waals surface area contributed by atoms with E-state index in [0.29, 0.717) is 5.89 Å². The molecule has 0 atom stereocenters. The number of furan rings is 1. The van der Waals surface area contributed by atoms with Crippen LogP contribution in [0.5, 0.6) is 0 Å². The number of hydrogen-bond donors (Lipinski definition) is 0. The third kappa shape index (κ3) is 4.25. The maximum atomic E-state index is 6.39. The molecule has 0 bridgehead atoms. The molecule has 0 saturated carbocycles. The van der Waals surface area contributed by atoms with Crippen LogP contribution >= 0.6 is 11.3 Å². The smallest absolute Gasteiger partial charge is 0.227 e. The standard InChI is InChI=1S/C43H26N2O2S/c1-3-10-28(11-4-1)43-44-34-24-25-36-41(42(34)47-43)32-23-20-29(26-37(32)46-36)27-18-21-31(22-19-27)45(30-12-5-2-6-13-30)35-15-9-17-39-40(35)33-14-7-8-16-38(33)48-39/h1-26H. The van der Waals surface area contributed by atoms with Gasteiger partial charge in [-0.1, -0.05) is 78.9 Å². The van der Waals surface area contributed by atoms with Crippen molar-refractivity contribution < 1.29 is 8.83 Å². The Balaban J connectivity index is 1.06. The maximum Gasteiger partial charge on any atom is 0.227 e. The van der Waals surface area contributed by atoms with Crippen LogP contribution < -0.4 is 4.90 Å². The van der Waals surface area contributed by atoms with Crippen LogP contribution in [0.3, 0.4) is 0 Å². The summed E-state index contributed by atoms with van der Waals surface area (Å²) < 4.78 is 15.3. The van der Waals surface area contributed by atoms with Crippen molar-refractivity contribution in [2.75, 3.05) is 4.90 Å². The Labute approximate surface area is 279 Å². The first-order valence-corrected chi connectivity index (χ1v) is 16.8. The van der Waals surface area contributed by atoms with Crippen LogP contribution in [0.1, 0.15) is 0 Å². The molecule has 10 aromatic rings.